The molecule has 0 radical (unpaired) electrons. The quantitative estimate of drug-likeness (QED) is 0.749. The van der Waals surface area contributed by atoms with Crippen LogP contribution in [0.3, 0.4) is 0 Å². The summed E-state index contributed by atoms with van der Waals surface area (Å²) in [4.78, 5) is 9.67. The van der Waals surface area contributed by atoms with Gasteiger partial charge in [-0.3, -0.25) is 0 Å². The van der Waals surface area contributed by atoms with Crippen LogP contribution in [0, 0.1) is 0 Å². The smallest absolute Gasteiger partial charge is 0.131 e. The first kappa shape index (κ1) is 18.6. The molecule has 5 heteroatoms. The Labute approximate surface area is 166 Å². The number of aromatic nitrogens is 1. The Morgan fingerprint density at radius 1 is 1.11 bits per heavy atom. The van der Waals surface area contributed by atoms with Crippen LogP contribution < -0.4 is 9.80 Å². The number of hydrogen-bond donors (Lipinski definition) is 0. The van der Waals surface area contributed by atoms with E-state index in [1.54, 1.807) is 0 Å². The van der Waals surface area contributed by atoms with Gasteiger partial charge in [0.2, 0.25) is 0 Å². The van der Waals surface area contributed by atoms with Crippen LogP contribution in [0.5, 0.6) is 0 Å². The normalized spacial score (nSPS) is 17.9. The highest BCUT2D eigenvalue weighted by atomic mass is 32.2. The van der Waals surface area contributed by atoms with Gasteiger partial charge in [0.25, 0.3) is 0 Å². The molecule has 1 aromatic heterocycles. The molecule has 0 saturated carbocycles. The van der Waals surface area contributed by atoms with Gasteiger partial charge < -0.3 is 14.5 Å². The molecule has 1 aromatic carbocycles. The van der Waals surface area contributed by atoms with Crippen molar-refractivity contribution in [2.24, 2.45) is 0 Å². The summed E-state index contributed by atoms with van der Waals surface area (Å²) in [6.07, 6.45) is 6.55. The zero-order valence-corrected chi connectivity index (χ0v) is 17.2. The molecule has 2 aliphatic heterocycles. The van der Waals surface area contributed by atoms with Crippen molar-refractivity contribution in [2.45, 2.75) is 25.0 Å². The lowest BCUT2D eigenvalue weighted by Gasteiger charge is -2.28. The highest BCUT2D eigenvalue weighted by molar-refractivity contribution is 7.99. The Hall–Kier alpha value is -1.72. The van der Waals surface area contributed by atoms with Gasteiger partial charge in [0.1, 0.15) is 5.82 Å². The van der Waals surface area contributed by atoms with Crippen LogP contribution >= 0.6 is 11.8 Å². The molecule has 2 aliphatic rings. The molecule has 0 bridgehead atoms. The topological polar surface area (TPSA) is 28.6 Å². The van der Waals surface area contributed by atoms with E-state index in [-0.39, 0.29) is 0 Å². The molecule has 0 spiro atoms. The summed E-state index contributed by atoms with van der Waals surface area (Å²) in [5.41, 5.74) is 5.14. The van der Waals surface area contributed by atoms with Gasteiger partial charge in [-0.1, -0.05) is 19.1 Å². The van der Waals surface area contributed by atoms with E-state index < -0.39 is 0 Å². The van der Waals surface area contributed by atoms with Crippen LogP contribution in [-0.2, 0) is 11.2 Å². The highest BCUT2D eigenvalue weighted by Gasteiger charge is 2.21. The zero-order chi connectivity index (χ0) is 18.6. The molecule has 0 aliphatic carbocycles. The van der Waals surface area contributed by atoms with Crippen LogP contribution in [-0.4, -0.2) is 55.9 Å². The molecule has 4 rings (SSSR count). The van der Waals surface area contributed by atoms with Gasteiger partial charge in [0.05, 0.1) is 13.2 Å². The monoisotopic (exact) mass is 383 g/mol. The second-order valence-electron chi connectivity index (χ2n) is 7.43. The largest absolute Gasteiger partial charge is 0.378 e. The Morgan fingerprint density at radius 2 is 1.89 bits per heavy atom. The van der Waals surface area contributed by atoms with Gasteiger partial charge >= 0.3 is 0 Å². The van der Waals surface area contributed by atoms with Gasteiger partial charge in [-0.25, -0.2) is 4.98 Å². The number of morpholine rings is 1. The Balaban J connectivity index is 1.46. The van der Waals surface area contributed by atoms with E-state index in [4.69, 9.17) is 9.72 Å². The standard InChI is InChI=1S/C22H29N3OS/c1-17(27-2)7-9-25-10-8-19-15-20(16-23-22(19)25)18-3-5-21(6-4-18)24-11-13-26-14-12-24/h3-6,15-17H,7-14H2,1-2H3. The molecule has 4 nitrogen and oxygen atoms in total. The third-order valence-corrected chi connectivity index (χ3v) is 6.72. The lowest BCUT2D eigenvalue weighted by molar-refractivity contribution is 0.122. The summed E-state index contributed by atoms with van der Waals surface area (Å²) < 4.78 is 5.45. The number of thioether (sulfide) groups is 1. The number of benzene rings is 1. The summed E-state index contributed by atoms with van der Waals surface area (Å²) in [6.45, 7) is 8.11. The number of nitrogens with zero attached hydrogens (tertiary/aromatic N) is 3. The molecule has 1 unspecified atom stereocenters. The Kier molecular flexibility index (Phi) is 5.89. The minimum atomic E-state index is 0.707. The first-order valence-corrected chi connectivity index (χ1v) is 11.2. The minimum Gasteiger partial charge on any atom is -0.378 e. The Morgan fingerprint density at radius 3 is 2.63 bits per heavy atom. The number of hydrogen-bond acceptors (Lipinski definition) is 5. The van der Waals surface area contributed by atoms with Gasteiger partial charge in [-0.05, 0) is 48.4 Å². The maximum atomic E-state index is 5.45. The van der Waals surface area contributed by atoms with Crippen molar-refractivity contribution in [3.05, 3.63) is 42.1 Å². The molecule has 1 atom stereocenters. The molecule has 2 aromatic rings. The molecule has 0 N–H and O–H groups in total. The minimum absolute atomic E-state index is 0.707. The predicted octanol–water partition coefficient (Wildman–Crippen LogP) is 4.09. The Bertz CT molecular complexity index is 759. The zero-order valence-electron chi connectivity index (χ0n) is 16.4. The highest BCUT2D eigenvalue weighted by Crippen LogP contribution is 2.31. The molecule has 1 fully saturated rings. The second-order valence-corrected chi connectivity index (χ2v) is 8.70. The van der Waals surface area contributed by atoms with Crippen LogP contribution in [0.2, 0.25) is 0 Å². The van der Waals surface area contributed by atoms with Gasteiger partial charge in [0, 0.05) is 48.9 Å². The number of pyridine rings is 1. The van der Waals surface area contributed by atoms with Crippen LogP contribution in [0.4, 0.5) is 11.5 Å². The van der Waals surface area contributed by atoms with Crippen molar-refractivity contribution < 1.29 is 4.74 Å². The lowest BCUT2D eigenvalue weighted by atomic mass is 10.0. The first-order chi connectivity index (χ1) is 13.2. The number of anilines is 2. The average molecular weight is 384 g/mol. The molecule has 3 heterocycles. The second kappa shape index (κ2) is 8.53. The molecular formula is C22H29N3OS. The summed E-state index contributed by atoms with van der Waals surface area (Å²) >= 11 is 1.94. The number of rotatable bonds is 6. The molecular weight excluding hydrogens is 354 g/mol. The van der Waals surface area contributed by atoms with Gasteiger partial charge in [-0.2, -0.15) is 11.8 Å². The van der Waals surface area contributed by atoms with Gasteiger partial charge in [0.15, 0.2) is 0 Å². The van der Waals surface area contributed by atoms with Crippen molar-refractivity contribution in [3.63, 3.8) is 0 Å². The van der Waals surface area contributed by atoms with Gasteiger partial charge in [-0.15, -0.1) is 0 Å². The van der Waals surface area contributed by atoms with Crippen molar-refractivity contribution in [2.75, 3.05) is 55.4 Å². The van der Waals surface area contributed by atoms with Crippen LogP contribution in [0.25, 0.3) is 11.1 Å². The molecule has 0 amide bonds. The predicted molar refractivity (Wildman–Crippen MR) is 116 cm³/mol. The summed E-state index contributed by atoms with van der Waals surface area (Å²) in [7, 11) is 0. The summed E-state index contributed by atoms with van der Waals surface area (Å²) in [5, 5.41) is 0.707. The van der Waals surface area contributed by atoms with E-state index in [1.807, 2.05) is 18.0 Å². The SMILES string of the molecule is CSC(C)CCN1CCc2cc(-c3ccc(N4CCOCC4)cc3)cnc21. The van der Waals surface area contributed by atoms with E-state index in [1.165, 1.54) is 34.6 Å². The fourth-order valence-corrected chi connectivity index (χ4v) is 4.19. The lowest BCUT2D eigenvalue weighted by Crippen LogP contribution is -2.36. The van der Waals surface area contributed by atoms with E-state index in [9.17, 15) is 0 Å². The fraction of sp³-hybridized carbons (Fsp3) is 0.500. The van der Waals surface area contributed by atoms with E-state index in [0.717, 1.165) is 45.8 Å². The van der Waals surface area contributed by atoms with E-state index >= 15 is 0 Å². The molecule has 27 heavy (non-hydrogen) atoms. The summed E-state index contributed by atoms with van der Waals surface area (Å²) in [5.74, 6) is 1.19. The van der Waals surface area contributed by atoms with E-state index in [0.29, 0.717) is 5.25 Å². The molecule has 1 saturated heterocycles. The van der Waals surface area contributed by atoms with Crippen molar-refractivity contribution in [1.82, 2.24) is 4.98 Å². The summed E-state index contributed by atoms with van der Waals surface area (Å²) in [6, 6.07) is 11.2. The maximum absolute atomic E-state index is 5.45. The number of fused-ring (bicyclic) bond motifs is 1. The van der Waals surface area contributed by atoms with Crippen molar-refractivity contribution >= 4 is 23.3 Å². The third-order valence-electron chi connectivity index (χ3n) is 5.68. The van der Waals surface area contributed by atoms with Crippen molar-refractivity contribution in [1.29, 1.82) is 0 Å². The van der Waals surface area contributed by atoms with Crippen LogP contribution in [0.15, 0.2) is 36.5 Å². The van der Waals surface area contributed by atoms with Crippen molar-refractivity contribution in [3.8, 4) is 11.1 Å². The van der Waals surface area contributed by atoms with Crippen LogP contribution in [0.1, 0.15) is 18.9 Å². The third kappa shape index (κ3) is 4.25. The van der Waals surface area contributed by atoms with E-state index in [2.05, 4.69) is 53.3 Å². The average Bonchev–Trinajstić information content (AvgIpc) is 3.15. The first-order valence-electron chi connectivity index (χ1n) is 9.94. The molecule has 144 valence electrons. The maximum Gasteiger partial charge on any atom is 0.131 e. The fourth-order valence-electron chi connectivity index (χ4n) is 3.85. The number of ether oxygens (including phenoxy) is 1.